The molecule has 0 bridgehead atoms. The van der Waals surface area contributed by atoms with Gasteiger partial charge in [-0.15, -0.1) is 0 Å². The van der Waals surface area contributed by atoms with Gasteiger partial charge in [0, 0.05) is 5.02 Å². The van der Waals surface area contributed by atoms with Crippen LogP contribution < -0.4 is 0 Å². The summed E-state index contributed by atoms with van der Waals surface area (Å²) in [6.45, 7) is 1.69. The molecule has 1 aromatic carbocycles. The predicted molar refractivity (Wildman–Crippen MR) is 57.8 cm³/mol. The van der Waals surface area contributed by atoms with E-state index >= 15 is 0 Å². The largest absolute Gasteiger partial charge is 0.508 e. The van der Waals surface area contributed by atoms with Gasteiger partial charge in [0.1, 0.15) is 5.76 Å². The van der Waals surface area contributed by atoms with Crippen LogP contribution in [0.1, 0.15) is 12.5 Å². The summed E-state index contributed by atoms with van der Waals surface area (Å²) < 4.78 is 0. The fourth-order valence-electron chi connectivity index (χ4n) is 0.931. The number of benzene rings is 1. The lowest BCUT2D eigenvalue weighted by molar-refractivity contribution is 0.511. The number of aliphatic hydroxyl groups excluding tert-OH is 1. The topological polar surface area (TPSA) is 20.2 Å². The minimum Gasteiger partial charge on any atom is -0.508 e. The number of aliphatic hydroxyl groups is 1. The Labute approximate surface area is 91.5 Å². The van der Waals surface area contributed by atoms with Crippen molar-refractivity contribution in [3.63, 3.8) is 0 Å². The van der Waals surface area contributed by atoms with E-state index in [2.05, 4.69) is 0 Å². The summed E-state index contributed by atoms with van der Waals surface area (Å²) in [4.78, 5) is 0. The van der Waals surface area contributed by atoms with Gasteiger partial charge in [-0.05, 0) is 25.1 Å². The lowest BCUT2D eigenvalue weighted by atomic mass is 10.2. The summed E-state index contributed by atoms with van der Waals surface area (Å²) in [7, 11) is 0. The van der Waals surface area contributed by atoms with E-state index in [1.807, 2.05) is 0 Å². The Morgan fingerprint density at radius 2 is 1.69 bits per heavy atom. The molecule has 0 unspecified atom stereocenters. The molecule has 0 spiro atoms. The van der Waals surface area contributed by atoms with E-state index < -0.39 is 0 Å². The zero-order valence-electron chi connectivity index (χ0n) is 6.81. The number of halogens is 3. The SMILES string of the molecule is CC=C(O)c1c(Cl)cc(Cl)cc1Cl. The molecule has 70 valence electrons. The second-order valence-corrected chi connectivity index (χ2v) is 3.67. The number of hydrogen-bond acceptors (Lipinski definition) is 1. The lowest BCUT2D eigenvalue weighted by Crippen LogP contribution is -1.86. The number of allylic oxidation sites excluding steroid dienone is 1. The molecular formula is C9H7Cl3O. The van der Waals surface area contributed by atoms with Gasteiger partial charge in [-0.25, -0.2) is 0 Å². The molecule has 1 aromatic rings. The fourth-order valence-corrected chi connectivity index (χ4v) is 1.94. The van der Waals surface area contributed by atoms with Crippen molar-refractivity contribution in [3.05, 3.63) is 38.8 Å². The third kappa shape index (κ3) is 2.31. The van der Waals surface area contributed by atoms with Crippen LogP contribution in [0.5, 0.6) is 0 Å². The van der Waals surface area contributed by atoms with Gasteiger partial charge in [-0.1, -0.05) is 34.8 Å². The highest BCUT2D eigenvalue weighted by Crippen LogP contribution is 2.32. The van der Waals surface area contributed by atoms with Crippen molar-refractivity contribution >= 4 is 40.6 Å². The van der Waals surface area contributed by atoms with Crippen LogP contribution in [0.15, 0.2) is 18.2 Å². The second kappa shape index (κ2) is 4.23. The van der Waals surface area contributed by atoms with E-state index in [1.165, 1.54) is 18.2 Å². The molecular weight excluding hydrogens is 230 g/mol. The van der Waals surface area contributed by atoms with Gasteiger partial charge in [0.05, 0.1) is 15.6 Å². The summed E-state index contributed by atoms with van der Waals surface area (Å²) in [5, 5.41) is 10.6. The zero-order chi connectivity index (χ0) is 10.0. The molecule has 0 amide bonds. The van der Waals surface area contributed by atoms with E-state index in [-0.39, 0.29) is 5.76 Å². The average Bonchev–Trinajstić information content (AvgIpc) is 2.02. The van der Waals surface area contributed by atoms with E-state index in [0.717, 1.165) is 0 Å². The smallest absolute Gasteiger partial charge is 0.121 e. The quantitative estimate of drug-likeness (QED) is 0.710. The van der Waals surface area contributed by atoms with E-state index in [9.17, 15) is 5.11 Å². The number of hydrogen-bond donors (Lipinski definition) is 1. The van der Waals surface area contributed by atoms with Gasteiger partial charge in [0.15, 0.2) is 0 Å². The molecule has 0 saturated heterocycles. The first kappa shape index (κ1) is 10.7. The molecule has 0 radical (unpaired) electrons. The summed E-state index contributed by atoms with van der Waals surface area (Å²) in [5.41, 5.74) is 0.412. The monoisotopic (exact) mass is 236 g/mol. The molecule has 1 rings (SSSR count). The zero-order valence-corrected chi connectivity index (χ0v) is 9.08. The summed E-state index contributed by atoms with van der Waals surface area (Å²) in [5.74, 6) is 0.0478. The van der Waals surface area contributed by atoms with E-state index in [1.54, 1.807) is 6.92 Å². The molecule has 0 aliphatic carbocycles. The van der Waals surface area contributed by atoms with Crippen molar-refractivity contribution in [1.82, 2.24) is 0 Å². The van der Waals surface area contributed by atoms with Gasteiger partial charge in [0.2, 0.25) is 0 Å². The molecule has 13 heavy (non-hydrogen) atoms. The first-order valence-electron chi connectivity index (χ1n) is 3.56. The van der Waals surface area contributed by atoms with Crippen molar-refractivity contribution in [3.8, 4) is 0 Å². The van der Waals surface area contributed by atoms with Gasteiger partial charge in [-0.2, -0.15) is 0 Å². The Kier molecular flexibility index (Phi) is 3.48. The minimum absolute atomic E-state index is 0.0478. The molecule has 4 heteroatoms. The Bertz CT molecular complexity index is 335. The highest BCUT2D eigenvalue weighted by Gasteiger charge is 2.10. The first-order valence-corrected chi connectivity index (χ1v) is 4.70. The van der Waals surface area contributed by atoms with E-state index in [4.69, 9.17) is 34.8 Å². The van der Waals surface area contributed by atoms with Crippen molar-refractivity contribution in [2.75, 3.05) is 0 Å². The average molecular weight is 238 g/mol. The third-order valence-corrected chi connectivity index (χ3v) is 2.35. The summed E-state index contributed by atoms with van der Waals surface area (Å²) in [6, 6.07) is 3.06. The van der Waals surface area contributed by atoms with Crippen molar-refractivity contribution in [2.24, 2.45) is 0 Å². The molecule has 0 saturated carbocycles. The Hall–Kier alpha value is -0.370. The van der Waals surface area contributed by atoms with Crippen LogP contribution in [0.25, 0.3) is 5.76 Å². The molecule has 0 aromatic heterocycles. The maximum Gasteiger partial charge on any atom is 0.121 e. The molecule has 1 nitrogen and oxygen atoms in total. The van der Waals surface area contributed by atoms with Gasteiger partial charge >= 0.3 is 0 Å². The second-order valence-electron chi connectivity index (χ2n) is 2.42. The van der Waals surface area contributed by atoms with Crippen LogP contribution in [0.2, 0.25) is 15.1 Å². The lowest BCUT2D eigenvalue weighted by Gasteiger charge is -2.05. The van der Waals surface area contributed by atoms with Gasteiger partial charge in [-0.3, -0.25) is 0 Å². The molecule has 0 aliphatic heterocycles. The normalized spacial score (nSPS) is 11.8. The van der Waals surface area contributed by atoms with Gasteiger partial charge < -0.3 is 5.11 Å². The van der Waals surface area contributed by atoms with Crippen molar-refractivity contribution in [1.29, 1.82) is 0 Å². The fraction of sp³-hybridized carbons (Fsp3) is 0.111. The van der Waals surface area contributed by atoms with Crippen LogP contribution >= 0.6 is 34.8 Å². The molecule has 0 aliphatic rings. The highest BCUT2D eigenvalue weighted by atomic mass is 35.5. The maximum absolute atomic E-state index is 9.43. The molecule has 1 N–H and O–H groups in total. The van der Waals surface area contributed by atoms with Crippen molar-refractivity contribution in [2.45, 2.75) is 6.92 Å². The van der Waals surface area contributed by atoms with Crippen molar-refractivity contribution < 1.29 is 5.11 Å². The Morgan fingerprint density at radius 1 is 1.23 bits per heavy atom. The molecule has 0 heterocycles. The first-order chi connectivity index (χ1) is 6.06. The minimum atomic E-state index is 0.0478. The standard InChI is InChI=1S/C9H7Cl3O/c1-2-8(13)9-6(11)3-5(10)4-7(9)12/h2-4,13H,1H3. The van der Waals surface area contributed by atoms with Crippen LogP contribution in [0, 0.1) is 0 Å². The van der Waals surface area contributed by atoms with Crippen LogP contribution in [-0.2, 0) is 0 Å². The van der Waals surface area contributed by atoms with Crippen LogP contribution in [-0.4, -0.2) is 5.11 Å². The Balaban J connectivity index is 3.37. The third-order valence-electron chi connectivity index (χ3n) is 1.54. The molecule has 0 fully saturated rings. The summed E-state index contributed by atoms with van der Waals surface area (Å²) in [6.07, 6.45) is 1.51. The highest BCUT2D eigenvalue weighted by molar-refractivity contribution is 6.40. The predicted octanol–water partition coefficient (Wildman–Crippen LogP) is 4.57. The summed E-state index contributed by atoms with van der Waals surface area (Å²) >= 11 is 17.4. The van der Waals surface area contributed by atoms with Crippen LogP contribution in [0.3, 0.4) is 0 Å². The van der Waals surface area contributed by atoms with Gasteiger partial charge in [0.25, 0.3) is 0 Å². The Morgan fingerprint density at radius 3 is 2.08 bits per heavy atom. The van der Waals surface area contributed by atoms with E-state index in [0.29, 0.717) is 20.6 Å². The molecule has 0 atom stereocenters. The number of rotatable bonds is 1. The van der Waals surface area contributed by atoms with Crippen LogP contribution in [0.4, 0.5) is 0 Å². The maximum atomic E-state index is 9.43.